The molecule has 3 nitrogen and oxygen atoms in total. The van der Waals surface area contributed by atoms with Crippen LogP contribution >= 0.6 is 0 Å². The molecule has 2 unspecified atom stereocenters. The van der Waals surface area contributed by atoms with E-state index in [-0.39, 0.29) is 6.04 Å². The first-order valence-electron chi connectivity index (χ1n) is 4.54. The largest absolute Gasteiger partial charge is 0.322 e. The zero-order valence-electron chi connectivity index (χ0n) is 7.80. The minimum Gasteiger partial charge on any atom is -0.322 e. The van der Waals surface area contributed by atoms with E-state index in [1.54, 1.807) is 12.4 Å². The van der Waals surface area contributed by atoms with Gasteiger partial charge in [-0.3, -0.25) is 4.98 Å². The lowest BCUT2D eigenvalue weighted by atomic mass is 9.82. The Hall–Kier alpha value is -1.45. The zero-order valence-corrected chi connectivity index (χ0v) is 7.80. The van der Waals surface area contributed by atoms with Crippen molar-refractivity contribution in [3.8, 4) is 0 Å². The smallest absolute Gasteiger partial charge is 0.0803 e. The predicted octanol–water partition coefficient (Wildman–Crippen LogP) is 0.689. The Morgan fingerprint density at radius 1 is 1.36 bits per heavy atom. The highest BCUT2D eigenvalue weighted by Gasteiger charge is 2.31. The molecule has 0 aromatic carbocycles. The van der Waals surface area contributed by atoms with Crippen LogP contribution in [0.2, 0.25) is 0 Å². The summed E-state index contributed by atoms with van der Waals surface area (Å²) in [4.78, 5) is 4.05. The molecule has 0 bridgehead atoms. The van der Waals surface area contributed by atoms with E-state index in [0.717, 1.165) is 5.56 Å². The minimum absolute atomic E-state index is 0.198. The van der Waals surface area contributed by atoms with Crippen molar-refractivity contribution in [2.45, 2.75) is 11.6 Å². The number of nitrogens with two attached hydrogens (primary N) is 2. The molecule has 1 aromatic rings. The van der Waals surface area contributed by atoms with Crippen molar-refractivity contribution < 1.29 is 0 Å². The first-order chi connectivity index (χ1) is 6.73. The topological polar surface area (TPSA) is 64.9 Å². The molecule has 1 aliphatic rings. The Bertz CT molecular complexity index is 369. The summed E-state index contributed by atoms with van der Waals surface area (Å²) < 4.78 is 0. The second-order valence-corrected chi connectivity index (χ2v) is 3.44. The summed E-state index contributed by atoms with van der Waals surface area (Å²) in [5.74, 6) is 0. The molecule has 2 rings (SSSR count). The van der Waals surface area contributed by atoms with E-state index < -0.39 is 5.54 Å². The molecular weight excluding hydrogens is 174 g/mol. The third kappa shape index (κ3) is 1.36. The van der Waals surface area contributed by atoms with Crippen LogP contribution in [0.3, 0.4) is 0 Å². The average molecular weight is 187 g/mol. The number of pyridine rings is 1. The number of hydrogen-bond donors (Lipinski definition) is 2. The summed E-state index contributed by atoms with van der Waals surface area (Å²) in [5.41, 5.74) is 12.5. The maximum absolute atomic E-state index is 6.22. The third-order valence-electron chi connectivity index (χ3n) is 2.51. The van der Waals surface area contributed by atoms with Crippen LogP contribution in [0.25, 0.3) is 0 Å². The summed E-state index contributed by atoms with van der Waals surface area (Å²) in [6.45, 7) is 0. The highest BCUT2D eigenvalue weighted by molar-refractivity contribution is 5.36. The molecular formula is C11H13N3. The molecule has 1 aromatic heterocycles. The van der Waals surface area contributed by atoms with Crippen molar-refractivity contribution in [1.82, 2.24) is 4.98 Å². The van der Waals surface area contributed by atoms with E-state index >= 15 is 0 Å². The quantitative estimate of drug-likeness (QED) is 0.679. The predicted molar refractivity (Wildman–Crippen MR) is 56.4 cm³/mol. The Labute approximate surface area is 83.1 Å². The van der Waals surface area contributed by atoms with Crippen molar-refractivity contribution in [2.24, 2.45) is 11.5 Å². The number of nitrogens with zero attached hydrogens (tertiary/aromatic N) is 1. The van der Waals surface area contributed by atoms with Gasteiger partial charge in [-0.05, 0) is 11.6 Å². The van der Waals surface area contributed by atoms with E-state index in [2.05, 4.69) is 4.98 Å². The van der Waals surface area contributed by atoms with Crippen molar-refractivity contribution in [2.75, 3.05) is 0 Å². The lowest BCUT2D eigenvalue weighted by molar-refractivity contribution is 0.491. The van der Waals surface area contributed by atoms with Crippen LogP contribution in [-0.2, 0) is 5.54 Å². The van der Waals surface area contributed by atoms with Crippen LogP contribution in [0.1, 0.15) is 5.56 Å². The fourth-order valence-corrected chi connectivity index (χ4v) is 1.58. The molecule has 0 radical (unpaired) electrons. The highest BCUT2D eigenvalue weighted by atomic mass is 14.9. The van der Waals surface area contributed by atoms with Crippen LogP contribution in [0, 0.1) is 0 Å². The van der Waals surface area contributed by atoms with E-state index in [9.17, 15) is 0 Å². The molecule has 2 atom stereocenters. The van der Waals surface area contributed by atoms with Crippen molar-refractivity contribution in [3.05, 3.63) is 54.4 Å². The van der Waals surface area contributed by atoms with Gasteiger partial charge in [-0.1, -0.05) is 30.4 Å². The molecule has 1 heterocycles. The van der Waals surface area contributed by atoms with Crippen LogP contribution < -0.4 is 11.5 Å². The normalized spacial score (nSPS) is 30.6. The van der Waals surface area contributed by atoms with Crippen molar-refractivity contribution in [1.29, 1.82) is 0 Å². The second kappa shape index (κ2) is 3.36. The van der Waals surface area contributed by atoms with Crippen molar-refractivity contribution in [3.63, 3.8) is 0 Å². The molecule has 0 saturated heterocycles. The lowest BCUT2D eigenvalue weighted by Crippen LogP contribution is -2.50. The van der Waals surface area contributed by atoms with Gasteiger partial charge in [-0.25, -0.2) is 0 Å². The van der Waals surface area contributed by atoms with Gasteiger partial charge in [-0.2, -0.15) is 0 Å². The summed E-state index contributed by atoms with van der Waals surface area (Å²) in [7, 11) is 0. The summed E-state index contributed by atoms with van der Waals surface area (Å²) in [6.07, 6.45) is 11.1. The van der Waals surface area contributed by atoms with E-state index in [0.29, 0.717) is 0 Å². The van der Waals surface area contributed by atoms with E-state index in [4.69, 9.17) is 11.5 Å². The average Bonchev–Trinajstić information content (AvgIpc) is 2.24. The van der Waals surface area contributed by atoms with E-state index in [1.807, 2.05) is 36.4 Å². The van der Waals surface area contributed by atoms with Gasteiger partial charge >= 0.3 is 0 Å². The van der Waals surface area contributed by atoms with Crippen LogP contribution in [-0.4, -0.2) is 11.0 Å². The zero-order chi connectivity index (χ0) is 10.0. The van der Waals surface area contributed by atoms with Crippen LogP contribution in [0.5, 0.6) is 0 Å². The highest BCUT2D eigenvalue weighted by Crippen LogP contribution is 2.25. The molecule has 72 valence electrons. The maximum Gasteiger partial charge on any atom is 0.0803 e. The number of aromatic nitrogens is 1. The molecule has 0 aliphatic heterocycles. The Kier molecular flexibility index (Phi) is 2.19. The van der Waals surface area contributed by atoms with Gasteiger partial charge in [-0.15, -0.1) is 0 Å². The molecule has 4 N–H and O–H groups in total. The minimum atomic E-state index is -0.622. The Morgan fingerprint density at radius 3 is 2.86 bits per heavy atom. The van der Waals surface area contributed by atoms with Crippen molar-refractivity contribution >= 4 is 0 Å². The lowest BCUT2D eigenvalue weighted by Gasteiger charge is -2.32. The number of rotatable bonds is 1. The summed E-state index contributed by atoms with van der Waals surface area (Å²) in [5, 5.41) is 0. The molecule has 14 heavy (non-hydrogen) atoms. The van der Waals surface area contributed by atoms with Crippen LogP contribution in [0.4, 0.5) is 0 Å². The number of hydrogen-bond acceptors (Lipinski definition) is 3. The second-order valence-electron chi connectivity index (χ2n) is 3.44. The first kappa shape index (κ1) is 9.12. The van der Waals surface area contributed by atoms with Gasteiger partial charge in [0.15, 0.2) is 0 Å². The fraction of sp³-hybridized carbons (Fsp3) is 0.182. The van der Waals surface area contributed by atoms with Gasteiger partial charge in [0.1, 0.15) is 0 Å². The molecule has 0 spiro atoms. The summed E-state index contributed by atoms with van der Waals surface area (Å²) in [6, 6.07) is 3.61. The monoisotopic (exact) mass is 187 g/mol. The Balaban J connectivity index is 2.42. The molecule has 0 amide bonds. The fourth-order valence-electron chi connectivity index (χ4n) is 1.58. The Morgan fingerprint density at radius 2 is 2.21 bits per heavy atom. The van der Waals surface area contributed by atoms with Gasteiger partial charge in [0, 0.05) is 18.4 Å². The molecule has 3 heteroatoms. The van der Waals surface area contributed by atoms with Crippen LogP contribution in [0.15, 0.2) is 48.8 Å². The van der Waals surface area contributed by atoms with Gasteiger partial charge in [0.2, 0.25) is 0 Å². The van der Waals surface area contributed by atoms with Gasteiger partial charge in [0.25, 0.3) is 0 Å². The first-order valence-corrected chi connectivity index (χ1v) is 4.54. The SMILES string of the molecule is NC1C=CC=CC1(N)c1cccnc1. The van der Waals surface area contributed by atoms with Gasteiger partial charge < -0.3 is 11.5 Å². The third-order valence-corrected chi connectivity index (χ3v) is 2.51. The standard InChI is InChI=1S/C11H13N3/c12-10-5-1-2-6-11(10,13)9-4-3-7-14-8-9/h1-8,10H,12-13H2. The van der Waals surface area contributed by atoms with Gasteiger partial charge in [0.05, 0.1) is 5.54 Å². The summed E-state index contributed by atoms with van der Waals surface area (Å²) >= 11 is 0. The molecule has 0 saturated carbocycles. The van der Waals surface area contributed by atoms with E-state index in [1.165, 1.54) is 0 Å². The molecule has 1 aliphatic carbocycles. The number of allylic oxidation sites excluding steroid dienone is 2. The molecule has 0 fully saturated rings. The maximum atomic E-state index is 6.22.